The van der Waals surface area contributed by atoms with E-state index in [0.29, 0.717) is 45.1 Å². The Morgan fingerprint density at radius 3 is 2.42 bits per heavy atom. The Bertz CT molecular complexity index is 637. The standard InChI is InChI=1S/C20H32N4O2/c1-14(2)12-17(21)20(26)24-10-8-23(9-11-24)13-19(25)22-18-7-5-6-15(3)16(18)4/h5-7,14,17H,8-13,21H2,1-4H3,(H,22,25)/t17-/m0/s1. The van der Waals surface area contributed by atoms with E-state index < -0.39 is 6.04 Å². The van der Waals surface area contributed by atoms with Gasteiger partial charge < -0.3 is 16.0 Å². The van der Waals surface area contributed by atoms with Gasteiger partial charge in [-0.3, -0.25) is 14.5 Å². The van der Waals surface area contributed by atoms with E-state index in [4.69, 9.17) is 5.73 Å². The summed E-state index contributed by atoms with van der Waals surface area (Å²) in [4.78, 5) is 28.6. The minimum Gasteiger partial charge on any atom is -0.339 e. The highest BCUT2D eigenvalue weighted by atomic mass is 16.2. The second kappa shape index (κ2) is 9.14. The van der Waals surface area contributed by atoms with E-state index in [1.165, 1.54) is 0 Å². The van der Waals surface area contributed by atoms with Crippen LogP contribution in [0.2, 0.25) is 0 Å². The lowest BCUT2D eigenvalue weighted by atomic mass is 10.0. The van der Waals surface area contributed by atoms with Gasteiger partial charge in [-0.2, -0.15) is 0 Å². The van der Waals surface area contributed by atoms with Crippen LogP contribution < -0.4 is 11.1 Å². The van der Waals surface area contributed by atoms with Gasteiger partial charge in [0, 0.05) is 31.9 Å². The zero-order valence-electron chi connectivity index (χ0n) is 16.4. The van der Waals surface area contributed by atoms with Crippen LogP contribution in [-0.4, -0.2) is 60.4 Å². The third-order valence-corrected chi connectivity index (χ3v) is 4.97. The molecule has 1 aliphatic rings. The molecule has 0 unspecified atom stereocenters. The fraction of sp³-hybridized carbons (Fsp3) is 0.600. The van der Waals surface area contributed by atoms with Crippen molar-refractivity contribution in [2.45, 2.75) is 40.2 Å². The molecule has 144 valence electrons. The maximum absolute atomic E-state index is 12.4. The molecule has 0 radical (unpaired) electrons. The van der Waals surface area contributed by atoms with E-state index in [1.54, 1.807) is 0 Å². The van der Waals surface area contributed by atoms with Gasteiger partial charge in [-0.25, -0.2) is 0 Å². The summed E-state index contributed by atoms with van der Waals surface area (Å²) < 4.78 is 0. The first-order chi connectivity index (χ1) is 12.3. The molecule has 0 bridgehead atoms. The molecular formula is C20H32N4O2. The van der Waals surface area contributed by atoms with Crippen LogP contribution >= 0.6 is 0 Å². The minimum absolute atomic E-state index is 0.0185. The molecule has 26 heavy (non-hydrogen) atoms. The molecule has 0 aromatic heterocycles. The molecule has 3 N–H and O–H groups in total. The normalized spacial score (nSPS) is 16.6. The molecule has 1 heterocycles. The van der Waals surface area contributed by atoms with E-state index in [1.807, 2.05) is 36.9 Å². The fourth-order valence-corrected chi connectivity index (χ4v) is 3.25. The third kappa shape index (κ3) is 5.54. The van der Waals surface area contributed by atoms with Crippen LogP contribution in [0.1, 0.15) is 31.4 Å². The Kier molecular flexibility index (Phi) is 7.17. The maximum Gasteiger partial charge on any atom is 0.239 e. The van der Waals surface area contributed by atoms with Crippen molar-refractivity contribution in [1.82, 2.24) is 9.80 Å². The van der Waals surface area contributed by atoms with Crippen molar-refractivity contribution < 1.29 is 9.59 Å². The summed E-state index contributed by atoms with van der Waals surface area (Å²) in [5.74, 6) is 0.414. The third-order valence-electron chi connectivity index (χ3n) is 4.97. The number of carbonyl (C=O) groups excluding carboxylic acids is 2. The average Bonchev–Trinajstić information content (AvgIpc) is 2.58. The molecule has 6 heteroatoms. The Labute approximate surface area is 156 Å². The van der Waals surface area contributed by atoms with Crippen LogP contribution in [-0.2, 0) is 9.59 Å². The van der Waals surface area contributed by atoms with E-state index in [0.717, 1.165) is 16.8 Å². The van der Waals surface area contributed by atoms with Crippen molar-refractivity contribution in [2.24, 2.45) is 11.7 Å². The van der Waals surface area contributed by atoms with E-state index in [2.05, 4.69) is 24.1 Å². The number of carbonyl (C=O) groups is 2. The number of hydrogen-bond donors (Lipinski definition) is 2. The van der Waals surface area contributed by atoms with Crippen molar-refractivity contribution in [3.63, 3.8) is 0 Å². The van der Waals surface area contributed by atoms with Crippen LogP contribution in [0.15, 0.2) is 18.2 Å². The van der Waals surface area contributed by atoms with Gasteiger partial charge in [-0.15, -0.1) is 0 Å². The lowest BCUT2D eigenvalue weighted by Crippen LogP contribution is -2.54. The van der Waals surface area contributed by atoms with Crippen molar-refractivity contribution in [1.29, 1.82) is 0 Å². The fourth-order valence-electron chi connectivity index (χ4n) is 3.25. The zero-order valence-corrected chi connectivity index (χ0v) is 16.4. The smallest absolute Gasteiger partial charge is 0.239 e. The second-order valence-corrected chi connectivity index (χ2v) is 7.63. The number of aryl methyl sites for hydroxylation is 1. The lowest BCUT2D eigenvalue weighted by Gasteiger charge is -2.35. The molecule has 0 spiro atoms. The topological polar surface area (TPSA) is 78.7 Å². The highest BCUT2D eigenvalue weighted by Gasteiger charge is 2.26. The predicted octanol–water partition coefficient (Wildman–Crippen LogP) is 1.76. The number of piperazine rings is 1. The summed E-state index contributed by atoms with van der Waals surface area (Å²) >= 11 is 0. The molecule has 1 aliphatic heterocycles. The molecule has 1 saturated heterocycles. The number of benzene rings is 1. The van der Waals surface area contributed by atoms with E-state index in [-0.39, 0.29) is 11.8 Å². The Hall–Kier alpha value is -1.92. The van der Waals surface area contributed by atoms with Crippen LogP contribution in [0.3, 0.4) is 0 Å². The Morgan fingerprint density at radius 2 is 1.81 bits per heavy atom. The molecular weight excluding hydrogens is 328 g/mol. The molecule has 1 aromatic rings. The minimum atomic E-state index is -0.422. The van der Waals surface area contributed by atoms with Gasteiger partial charge >= 0.3 is 0 Å². The largest absolute Gasteiger partial charge is 0.339 e. The number of nitrogens with two attached hydrogens (primary N) is 1. The SMILES string of the molecule is Cc1cccc(NC(=O)CN2CCN(C(=O)[C@@H](N)CC(C)C)CC2)c1C. The zero-order chi connectivity index (χ0) is 19.3. The number of hydrogen-bond acceptors (Lipinski definition) is 4. The number of nitrogens with zero attached hydrogens (tertiary/aromatic N) is 2. The lowest BCUT2D eigenvalue weighted by molar-refractivity contribution is -0.134. The first kappa shape index (κ1) is 20.4. The molecule has 0 aliphatic carbocycles. The van der Waals surface area contributed by atoms with Crippen molar-refractivity contribution in [2.75, 3.05) is 38.0 Å². The van der Waals surface area contributed by atoms with Gasteiger partial charge in [0.25, 0.3) is 0 Å². The summed E-state index contributed by atoms with van der Waals surface area (Å²) in [5, 5.41) is 2.99. The Morgan fingerprint density at radius 1 is 1.15 bits per heavy atom. The summed E-state index contributed by atoms with van der Waals surface area (Å²) in [6.07, 6.45) is 0.706. The van der Waals surface area contributed by atoms with Crippen LogP contribution in [0, 0.1) is 19.8 Å². The first-order valence-corrected chi connectivity index (χ1v) is 9.40. The maximum atomic E-state index is 12.4. The van der Waals surface area contributed by atoms with Gasteiger partial charge in [-0.05, 0) is 43.4 Å². The molecule has 1 fully saturated rings. The van der Waals surface area contributed by atoms with Gasteiger partial charge in [0.15, 0.2) is 0 Å². The summed E-state index contributed by atoms with van der Waals surface area (Å²) in [7, 11) is 0. The van der Waals surface area contributed by atoms with Crippen LogP contribution in [0.25, 0.3) is 0 Å². The molecule has 1 aromatic carbocycles. The quantitative estimate of drug-likeness (QED) is 0.810. The number of nitrogens with one attached hydrogen (secondary N) is 1. The molecule has 6 nitrogen and oxygen atoms in total. The highest BCUT2D eigenvalue weighted by Crippen LogP contribution is 2.18. The summed E-state index contributed by atoms with van der Waals surface area (Å²) in [6, 6.07) is 5.48. The molecule has 0 saturated carbocycles. The van der Waals surface area contributed by atoms with E-state index >= 15 is 0 Å². The summed E-state index contributed by atoms with van der Waals surface area (Å²) in [6.45, 7) is 11.2. The monoisotopic (exact) mass is 360 g/mol. The average molecular weight is 361 g/mol. The Balaban J connectivity index is 1.80. The van der Waals surface area contributed by atoms with Crippen LogP contribution in [0.5, 0.6) is 0 Å². The van der Waals surface area contributed by atoms with Crippen LogP contribution in [0.4, 0.5) is 5.69 Å². The predicted molar refractivity (Wildman–Crippen MR) is 105 cm³/mol. The first-order valence-electron chi connectivity index (χ1n) is 9.40. The van der Waals surface area contributed by atoms with Crippen molar-refractivity contribution in [3.8, 4) is 0 Å². The van der Waals surface area contributed by atoms with Gasteiger partial charge in [-0.1, -0.05) is 26.0 Å². The molecule has 2 amide bonds. The molecule has 2 rings (SSSR count). The summed E-state index contributed by atoms with van der Waals surface area (Å²) in [5.41, 5.74) is 9.12. The second-order valence-electron chi connectivity index (χ2n) is 7.63. The van der Waals surface area contributed by atoms with Crippen molar-refractivity contribution in [3.05, 3.63) is 29.3 Å². The van der Waals surface area contributed by atoms with E-state index in [9.17, 15) is 9.59 Å². The number of amides is 2. The highest BCUT2D eigenvalue weighted by molar-refractivity contribution is 5.93. The van der Waals surface area contributed by atoms with Gasteiger partial charge in [0.05, 0.1) is 12.6 Å². The number of rotatable bonds is 6. The number of anilines is 1. The molecule has 1 atom stereocenters. The van der Waals surface area contributed by atoms with Gasteiger partial charge in [0.2, 0.25) is 11.8 Å². The van der Waals surface area contributed by atoms with Gasteiger partial charge in [0.1, 0.15) is 0 Å². The van der Waals surface area contributed by atoms with Crippen molar-refractivity contribution >= 4 is 17.5 Å².